The van der Waals surface area contributed by atoms with Crippen molar-refractivity contribution in [3.63, 3.8) is 0 Å². The van der Waals surface area contributed by atoms with Gasteiger partial charge in [0.15, 0.2) is 0 Å². The fourth-order valence-corrected chi connectivity index (χ4v) is 5.11. The molecule has 0 aromatic heterocycles. The summed E-state index contributed by atoms with van der Waals surface area (Å²) in [5.74, 6) is 0.418. The van der Waals surface area contributed by atoms with E-state index in [0.717, 1.165) is 47.3 Å². The highest BCUT2D eigenvalue weighted by molar-refractivity contribution is 7.88. The number of rotatable bonds is 7. The summed E-state index contributed by atoms with van der Waals surface area (Å²) in [7, 11) is -1.90. The summed E-state index contributed by atoms with van der Waals surface area (Å²) in [5.41, 5.74) is 3.52. The standard InChI is InChI=1S/C28H40N4O5S/c1-21(2)30-14-7-15-32(26(33)18-23-10-12-25(37-4)13-11-23)28-22(3)8-6-9-24(28)20-31(17-16-30)27(34)19-29-38(5,35)36/h6,8-13,21,29H,7,14-20H2,1-5H3. The second-order valence-electron chi connectivity index (χ2n) is 10.0. The van der Waals surface area contributed by atoms with Crippen LogP contribution in [0.2, 0.25) is 0 Å². The van der Waals surface area contributed by atoms with Gasteiger partial charge in [-0.25, -0.2) is 13.1 Å². The molecule has 1 N–H and O–H groups in total. The molecule has 0 fully saturated rings. The van der Waals surface area contributed by atoms with E-state index in [1.165, 1.54) is 0 Å². The highest BCUT2D eigenvalue weighted by Gasteiger charge is 2.26. The molecule has 3 rings (SSSR count). The number of aryl methyl sites for hydroxylation is 1. The number of benzene rings is 2. The molecular formula is C28H40N4O5S. The normalized spacial score (nSPS) is 15.6. The van der Waals surface area contributed by atoms with Gasteiger partial charge in [0.05, 0.1) is 32.0 Å². The van der Waals surface area contributed by atoms with Crippen molar-refractivity contribution in [2.45, 2.75) is 46.2 Å². The molecule has 1 aliphatic rings. The molecule has 0 unspecified atom stereocenters. The lowest BCUT2D eigenvalue weighted by Crippen LogP contribution is -2.44. The first-order chi connectivity index (χ1) is 18.0. The van der Waals surface area contributed by atoms with Gasteiger partial charge in [-0.05, 0) is 56.0 Å². The van der Waals surface area contributed by atoms with Crippen LogP contribution in [0.15, 0.2) is 42.5 Å². The van der Waals surface area contributed by atoms with Crippen molar-refractivity contribution < 1.29 is 22.7 Å². The van der Waals surface area contributed by atoms with Crippen LogP contribution in [-0.4, -0.2) is 82.2 Å². The number of hydrogen-bond donors (Lipinski definition) is 1. The Labute approximate surface area is 226 Å². The first-order valence-corrected chi connectivity index (χ1v) is 14.9. The molecule has 2 aromatic carbocycles. The van der Waals surface area contributed by atoms with Gasteiger partial charge in [-0.15, -0.1) is 0 Å². The maximum atomic E-state index is 13.8. The summed E-state index contributed by atoms with van der Waals surface area (Å²) < 4.78 is 30.8. The SMILES string of the molecule is COc1ccc(CC(=O)N2CCCN(C(C)C)CCN(C(=O)CNS(C)(=O)=O)Cc3cccc(C)c32)cc1. The number of ether oxygens (including phenoxy) is 1. The van der Waals surface area contributed by atoms with Gasteiger partial charge in [0, 0.05) is 38.8 Å². The third-order valence-corrected chi connectivity index (χ3v) is 7.49. The Morgan fingerprint density at radius 2 is 1.71 bits per heavy atom. The lowest BCUT2D eigenvalue weighted by Gasteiger charge is -2.30. The van der Waals surface area contributed by atoms with E-state index in [1.807, 2.05) is 54.3 Å². The Bertz CT molecular complexity index is 1210. The van der Waals surface area contributed by atoms with Crippen LogP contribution < -0.4 is 14.4 Å². The highest BCUT2D eigenvalue weighted by atomic mass is 32.2. The van der Waals surface area contributed by atoms with E-state index in [-0.39, 0.29) is 37.4 Å². The Hall–Kier alpha value is -2.95. The first-order valence-electron chi connectivity index (χ1n) is 13.0. The summed E-state index contributed by atoms with van der Waals surface area (Å²) >= 11 is 0. The van der Waals surface area contributed by atoms with E-state index in [9.17, 15) is 18.0 Å². The monoisotopic (exact) mass is 544 g/mol. The third-order valence-electron chi connectivity index (χ3n) is 6.82. The molecule has 10 heteroatoms. The van der Waals surface area contributed by atoms with Crippen LogP contribution in [0.4, 0.5) is 5.69 Å². The van der Waals surface area contributed by atoms with Gasteiger partial charge in [-0.1, -0.05) is 30.3 Å². The number of amides is 2. The minimum atomic E-state index is -3.51. The molecule has 0 radical (unpaired) electrons. The Kier molecular flexibility index (Phi) is 10.3. The Balaban J connectivity index is 1.97. The smallest absolute Gasteiger partial charge is 0.237 e. The summed E-state index contributed by atoms with van der Waals surface area (Å²) in [4.78, 5) is 32.7. The third kappa shape index (κ3) is 8.28. The summed E-state index contributed by atoms with van der Waals surface area (Å²) in [6.45, 7) is 8.61. The van der Waals surface area contributed by atoms with Crippen LogP contribution in [0.5, 0.6) is 5.75 Å². The average molecular weight is 545 g/mol. The maximum absolute atomic E-state index is 13.8. The number of anilines is 1. The molecule has 0 spiro atoms. The van der Waals surface area contributed by atoms with Crippen molar-refractivity contribution in [1.82, 2.24) is 14.5 Å². The second kappa shape index (κ2) is 13.2. The number of carbonyl (C=O) groups is 2. The average Bonchev–Trinajstić information content (AvgIpc) is 2.90. The molecule has 2 aromatic rings. The lowest BCUT2D eigenvalue weighted by atomic mass is 10.0. The number of para-hydroxylation sites is 1. The molecule has 0 aliphatic carbocycles. The second-order valence-corrected chi connectivity index (χ2v) is 11.9. The Morgan fingerprint density at radius 3 is 2.34 bits per heavy atom. The molecule has 0 atom stereocenters. The van der Waals surface area contributed by atoms with Gasteiger partial charge >= 0.3 is 0 Å². The first kappa shape index (κ1) is 29.6. The van der Waals surface area contributed by atoms with E-state index < -0.39 is 10.0 Å². The van der Waals surface area contributed by atoms with Crippen molar-refractivity contribution >= 4 is 27.5 Å². The number of nitrogens with one attached hydrogen (secondary N) is 1. The molecular weight excluding hydrogens is 504 g/mol. The zero-order valence-electron chi connectivity index (χ0n) is 23.1. The molecule has 0 saturated heterocycles. The van der Waals surface area contributed by atoms with E-state index >= 15 is 0 Å². The minimum Gasteiger partial charge on any atom is -0.497 e. The number of carbonyl (C=O) groups excluding carboxylic acids is 2. The van der Waals surface area contributed by atoms with Crippen LogP contribution in [-0.2, 0) is 32.6 Å². The van der Waals surface area contributed by atoms with Gasteiger partial charge in [-0.3, -0.25) is 14.5 Å². The van der Waals surface area contributed by atoms with Crippen LogP contribution >= 0.6 is 0 Å². The molecule has 9 nitrogen and oxygen atoms in total. The lowest BCUT2D eigenvalue weighted by molar-refractivity contribution is -0.130. The molecule has 2 amide bonds. The van der Waals surface area contributed by atoms with Gasteiger partial charge in [0.2, 0.25) is 21.8 Å². The van der Waals surface area contributed by atoms with Crippen molar-refractivity contribution in [3.8, 4) is 5.75 Å². The summed E-state index contributed by atoms with van der Waals surface area (Å²) in [5, 5.41) is 0. The summed E-state index contributed by atoms with van der Waals surface area (Å²) in [6, 6.07) is 13.6. The van der Waals surface area contributed by atoms with E-state index in [4.69, 9.17) is 4.74 Å². The topological polar surface area (TPSA) is 99.3 Å². The highest BCUT2D eigenvalue weighted by Crippen LogP contribution is 2.29. The van der Waals surface area contributed by atoms with Crippen molar-refractivity contribution in [2.24, 2.45) is 0 Å². The number of methoxy groups -OCH3 is 1. The largest absolute Gasteiger partial charge is 0.497 e. The van der Waals surface area contributed by atoms with Gasteiger partial charge in [0.25, 0.3) is 0 Å². The Morgan fingerprint density at radius 1 is 1.00 bits per heavy atom. The van der Waals surface area contributed by atoms with E-state index in [1.54, 1.807) is 12.0 Å². The molecule has 1 aliphatic heterocycles. The number of hydrogen-bond acceptors (Lipinski definition) is 6. The zero-order chi connectivity index (χ0) is 27.9. The number of nitrogens with zero attached hydrogens (tertiary/aromatic N) is 3. The maximum Gasteiger partial charge on any atom is 0.237 e. The van der Waals surface area contributed by atoms with Crippen molar-refractivity contribution in [2.75, 3.05) is 51.0 Å². The quantitative estimate of drug-likeness (QED) is 0.575. The molecule has 0 bridgehead atoms. The van der Waals surface area contributed by atoms with Crippen molar-refractivity contribution in [1.29, 1.82) is 0 Å². The van der Waals surface area contributed by atoms with Crippen molar-refractivity contribution in [3.05, 3.63) is 59.2 Å². The zero-order valence-corrected chi connectivity index (χ0v) is 23.9. The predicted molar refractivity (Wildman–Crippen MR) is 150 cm³/mol. The van der Waals surface area contributed by atoms with E-state index in [2.05, 4.69) is 23.5 Å². The fraction of sp³-hybridized carbons (Fsp3) is 0.500. The van der Waals surface area contributed by atoms with Gasteiger partial charge in [0.1, 0.15) is 5.75 Å². The molecule has 1 heterocycles. The van der Waals surface area contributed by atoms with Crippen LogP contribution in [0.25, 0.3) is 0 Å². The molecule has 208 valence electrons. The van der Waals surface area contributed by atoms with Crippen LogP contribution in [0.3, 0.4) is 0 Å². The number of sulfonamides is 1. The van der Waals surface area contributed by atoms with Crippen LogP contribution in [0, 0.1) is 6.92 Å². The minimum absolute atomic E-state index is 0.0160. The molecule has 0 saturated carbocycles. The van der Waals surface area contributed by atoms with Crippen LogP contribution in [0.1, 0.15) is 37.0 Å². The summed E-state index contributed by atoms with van der Waals surface area (Å²) in [6.07, 6.45) is 2.06. The van der Waals surface area contributed by atoms with Gasteiger partial charge in [-0.2, -0.15) is 0 Å². The predicted octanol–water partition coefficient (Wildman–Crippen LogP) is 2.57. The molecule has 38 heavy (non-hydrogen) atoms. The van der Waals surface area contributed by atoms with E-state index in [0.29, 0.717) is 19.6 Å². The van der Waals surface area contributed by atoms with Gasteiger partial charge < -0.3 is 14.5 Å². The fourth-order valence-electron chi connectivity index (χ4n) is 4.72. The number of fused-ring (bicyclic) bond motifs is 1.